The molecule has 0 spiro atoms. The molecule has 8 aromatic carbocycles. The maximum atomic E-state index is 2.50. The average Bonchev–Trinajstić information content (AvgIpc) is 3.38. The molecule has 1 aliphatic rings. The van der Waals surface area contributed by atoms with E-state index >= 15 is 0 Å². The highest BCUT2D eigenvalue weighted by Gasteiger charge is 2.37. The second-order valence-corrected chi connectivity index (χ2v) is 20.4. The highest BCUT2D eigenvalue weighted by Crippen LogP contribution is 2.53. The SMILES string of the molecule is Cc1cc2ccc3cc(C(C)(C)C)cc4ccc(c1-c1ccc5c(c1)C(C)(C)c1cc(N(c6ccc(C(C)(C)C)cc6)c6ccc(C(C)(C)C)cc6)ccc1-5)c2c34. The molecule has 0 fully saturated rings. The molecule has 8 aromatic rings. The average molecular weight is 744 g/mol. The van der Waals surface area contributed by atoms with Gasteiger partial charge in [0.05, 0.1) is 0 Å². The third-order valence-corrected chi connectivity index (χ3v) is 13.0. The van der Waals surface area contributed by atoms with E-state index in [9.17, 15) is 0 Å². The summed E-state index contributed by atoms with van der Waals surface area (Å²) >= 11 is 0. The number of benzene rings is 8. The van der Waals surface area contributed by atoms with Crippen molar-refractivity contribution >= 4 is 49.4 Å². The summed E-state index contributed by atoms with van der Waals surface area (Å²) in [6, 6.07) is 49.4. The Kier molecular flexibility index (Phi) is 8.19. The molecule has 0 heterocycles. The highest BCUT2D eigenvalue weighted by molar-refractivity contribution is 6.26. The fraction of sp³-hybridized carbons (Fsp3) is 0.286. The molecular formula is C56H57N. The van der Waals surface area contributed by atoms with Crippen LogP contribution in [0.4, 0.5) is 17.1 Å². The second kappa shape index (κ2) is 12.5. The van der Waals surface area contributed by atoms with Crippen LogP contribution in [0.2, 0.25) is 0 Å². The Labute approximate surface area is 340 Å². The number of rotatable bonds is 4. The van der Waals surface area contributed by atoms with Gasteiger partial charge in [-0.1, -0.05) is 161 Å². The normalized spacial score (nSPS) is 14.1. The lowest BCUT2D eigenvalue weighted by molar-refractivity contribution is 0.590. The summed E-state index contributed by atoms with van der Waals surface area (Å²) in [6.45, 7) is 27.7. The number of hydrogen-bond donors (Lipinski definition) is 0. The van der Waals surface area contributed by atoms with Crippen LogP contribution in [0.1, 0.15) is 110 Å². The molecule has 1 nitrogen and oxygen atoms in total. The summed E-state index contributed by atoms with van der Waals surface area (Å²) in [4.78, 5) is 2.43. The standard InChI is InChI=1S/C56H57N/c1-34-29-35-13-14-36-30-41(55(8,9)10)31-37-16-27-47(52(35)51(36)37)50(34)38-15-26-45-46-28-25-44(33-49(46)56(11,12)48(45)32-38)57(42-21-17-39(18-22-42)53(2,3)4)43-23-19-40(20-24-43)54(5,6)7/h13-33H,1-12H3. The monoisotopic (exact) mass is 743 g/mol. The molecule has 0 radical (unpaired) electrons. The van der Waals surface area contributed by atoms with Gasteiger partial charge in [0.15, 0.2) is 0 Å². The van der Waals surface area contributed by atoms with Crippen LogP contribution in [-0.4, -0.2) is 0 Å². The van der Waals surface area contributed by atoms with Crippen molar-refractivity contribution < 1.29 is 0 Å². The van der Waals surface area contributed by atoms with Crippen LogP contribution in [0, 0.1) is 6.92 Å². The summed E-state index contributed by atoms with van der Waals surface area (Å²) in [7, 11) is 0. The van der Waals surface area contributed by atoms with Gasteiger partial charge in [-0.05, 0) is 154 Å². The number of fused-ring (bicyclic) bond motifs is 3. The first-order valence-corrected chi connectivity index (χ1v) is 20.8. The molecule has 0 atom stereocenters. The molecule has 0 aromatic heterocycles. The van der Waals surface area contributed by atoms with E-state index in [4.69, 9.17) is 0 Å². The molecule has 0 saturated heterocycles. The fourth-order valence-corrected chi connectivity index (χ4v) is 9.54. The zero-order chi connectivity index (χ0) is 40.4. The van der Waals surface area contributed by atoms with E-state index < -0.39 is 0 Å². The smallest absolute Gasteiger partial charge is 0.0465 e. The van der Waals surface area contributed by atoms with E-state index in [1.807, 2.05) is 0 Å². The van der Waals surface area contributed by atoms with E-state index in [2.05, 4.69) is 215 Å². The Morgan fingerprint density at radius 3 is 1.40 bits per heavy atom. The minimum absolute atomic E-state index is 0.0895. The molecule has 9 rings (SSSR count). The minimum Gasteiger partial charge on any atom is -0.310 e. The Morgan fingerprint density at radius 1 is 0.421 bits per heavy atom. The zero-order valence-corrected chi connectivity index (χ0v) is 36.1. The van der Waals surface area contributed by atoms with Crippen LogP contribution < -0.4 is 4.90 Å². The number of aryl methyl sites for hydroxylation is 1. The minimum atomic E-state index is -0.185. The largest absolute Gasteiger partial charge is 0.310 e. The van der Waals surface area contributed by atoms with Crippen LogP contribution in [0.5, 0.6) is 0 Å². The van der Waals surface area contributed by atoms with E-state index in [0.29, 0.717) is 0 Å². The summed E-state index contributed by atoms with van der Waals surface area (Å²) in [5.74, 6) is 0. The molecule has 57 heavy (non-hydrogen) atoms. The highest BCUT2D eigenvalue weighted by atomic mass is 15.1. The van der Waals surface area contributed by atoms with Crippen molar-refractivity contribution in [3.63, 3.8) is 0 Å². The molecule has 1 aliphatic carbocycles. The summed E-state index contributed by atoms with van der Waals surface area (Å²) in [5, 5.41) is 8.08. The summed E-state index contributed by atoms with van der Waals surface area (Å²) < 4.78 is 0. The van der Waals surface area contributed by atoms with Crippen molar-refractivity contribution in [1.29, 1.82) is 0 Å². The second-order valence-electron chi connectivity index (χ2n) is 20.4. The number of hydrogen-bond acceptors (Lipinski definition) is 1. The van der Waals surface area contributed by atoms with E-state index in [1.165, 1.54) is 105 Å². The molecular weight excluding hydrogens is 687 g/mol. The van der Waals surface area contributed by atoms with Gasteiger partial charge < -0.3 is 4.90 Å². The van der Waals surface area contributed by atoms with E-state index in [0.717, 1.165) is 0 Å². The molecule has 0 saturated carbocycles. The maximum absolute atomic E-state index is 2.50. The van der Waals surface area contributed by atoms with Gasteiger partial charge in [-0.25, -0.2) is 0 Å². The first-order valence-electron chi connectivity index (χ1n) is 20.8. The van der Waals surface area contributed by atoms with Crippen molar-refractivity contribution in [2.24, 2.45) is 0 Å². The van der Waals surface area contributed by atoms with Crippen LogP contribution >= 0.6 is 0 Å². The molecule has 1 heteroatoms. The quantitative estimate of drug-likeness (QED) is 0.162. The van der Waals surface area contributed by atoms with Gasteiger partial charge in [0.1, 0.15) is 0 Å². The summed E-state index contributed by atoms with van der Waals surface area (Å²) in [6.07, 6.45) is 0. The van der Waals surface area contributed by atoms with Crippen molar-refractivity contribution in [3.8, 4) is 22.3 Å². The lowest BCUT2D eigenvalue weighted by atomic mass is 9.80. The molecule has 0 unspecified atom stereocenters. The van der Waals surface area contributed by atoms with Gasteiger partial charge in [0.2, 0.25) is 0 Å². The predicted molar refractivity (Wildman–Crippen MR) is 249 cm³/mol. The maximum Gasteiger partial charge on any atom is 0.0465 e. The van der Waals surface area contributed by atoms with Gasteiger partial charge in [-0.2, -0.15) is 0 Å². The third kappa shape index (κ3) is 6.05. The van der Waals surface area contributed by atoms with Gasteiger partial charge >= 0.3 is 0 Å². The Hall–Kier alpha value is -5.40. The lowest BCUT2D eigenvalue weighted by Crippen LogP contribution is -2.17. The number of nitrogens with zero attached hydrogens (tertiary/aromatic N) is 1. The van der Waals surface area contributed by atoms with Crippen molar-refractivity contribution in [1.82, 2.24) is 0 Å². The Morgan fingerprint density at radius 2 is 0.877 bits per heavy atom. The molecule has 0 amide bonds. The first kappa shape index (κ1) is 37.2. The Bertz CT molecular complexity index is 2770. The van der Waals surface area contributed by atoms with Crippen molar-refractivity contribution in [3.05, 3.63) is 161 Å². The fourth-order valence-electron chi connectivity index (χ4n) is 9.54. The first-order chi connectivity index (χ1) is 26.8. The van der Waals surface area contributed by atoms with Crippen molar-refractivity contribution in [2.45, 2.75) is 105 Å². The summed E-state index contributed by atoms with van der Waals surface area (Å²) in [5.41, 5.74) is 17.0. The number of anilines is 3. The Balaban J connectivity index is 1.16. The van der Waals surface area contributed by atoms with Gasteiger partial charge in [0, 0.05) is 22.5 Å². The zero-order valence-electron chi connectivity index (χ0n) is 36.1. The van der Waals surface area contributed by atoms with Gasteiger partial charge in [0.25, 0.3) is 0 Å². The van der Waals surface area contributed by atoms with Crippen LogP contribution in [0.15, 0.2) is 127 Å². The molecule has 0 aliphatic heterocycles. The molecule has 286 valence electrons. The van der Waals surface area contributed by atoms with Crippen LogP contribution in [-0.2, 0) is 21.7 Å². The molecule has 0 N–H and O–H groups in total. The van der Waals surface area contributed by atoms with E-state index in [1.54, 1.807) is 0 Å². The van der Waals surface area contributed by atoms with Crippen molar-refractivity contribution in [2.75, 3.05) is 4.90 Å². The predicted octanol–water partition coefficient (Wildman–Crippen LogP) is 16.2. The lowest BCUT2D eigenvalue weighted by Gasteiger charge is -2.29. The molecule has 0 bridgehead atoms. The third-order valence-electron chi connectivity index (χ3n) is 13.0. The van der Waals surface area contributed by atoms with E-state index in [-0.39, 0.29) is 21.7 Å². The van der Waals surface area contributed by atoms with Crippen LogP contribution in [0.3, 0.4) is 0 Å². The van der Waals surface area contributed by atoms with Gasteiger partial charge in [-0.3, -0.25) is 0 Å². The van der Waals surface area contributed by atoms with Crippen LogP contribution in [0.25, 0.3) is 54.6 Å². The van der Waals surface area contributed by atoms with Gasteiger partial charge in [-0.15, -0.1) is 0 Å². The topological polar surface area (TPSA) is 3.24 Å².